The van der Waals surface area contributed by atoms with Crippen molar-refractivity contribution in [2.24, 2.45) is 0 Å². The first-order chi connectivity index (χ1) is 9.22. The molecule has 2 aromatic carbocycles. The molecule has 0 aliphatic heterocycles. The van der Waals surface area contributed by atoms with Gasteiger partial charge < -0.3 is 4.74 Å². The van der Waals surface area contributed by atoms with Gasteiger partial charge in [-0.3, -0.25) is 9.00 Å². The Morgan fingerprint density at radius 3 is 2.37 bits per heavy atom. The van der Waals surface area contributed by atoms with E-state index < -0.39 is 10.8 Å². The quantitative estimate of drug-likeness (QED) is 0.787. The lowest BCUT2D eigenvalue weighted by molar-refractivity contribution is 0.102. The molecule has 0 N–H and O–H groups in total. The minimum absolute atomic E-state index is 0.0373. The minimum Gasteiger partial charge on any atom is -0.495 e. The summed E-state index contributed by atoms with van der Waals surface area (Å²) in [5.74, 6) is 0.372. The zero-order valence-corrected chi connectivity index (χ0v) is 11.4. The number of hydrogen-bond acceptors (Lipinski definition) is 3. The molecule has 4 heteroatoms. The Labute approximate surface area is 114 Å². The predicted octanol–water partition coefficient (Wildman–Crippen LogP) is 2.69. The maximum Gasteiger partial charge on any atom is 0.175 e. The number of para-hydroxylation sites is 1. The number of carbonyl (C=O) groups excluding carboxylic acids is 1. The molecule has 3 nitrogen and oxygen atoms in total. The number of carbonyl (C=O) groups is 1. The molecule has 0 radical (unpaired) electrons. The molecule has 2 aromatic rings. The van der Waals surface area contributed by atoms with Crippen LogP contribution in [-0.2, 0) is 10.8 Å². The minimum atomic E-state index is -1.40. The van der Waals surface area contributed by atoms with Crippen LogP contribution in [0.2, 0.25) is 0 Å². The Morgan fingerprint density at radius 1 is 1.05 bits per heavy atom. The van der Waals surface area contributed by atoms with Crippen molar-refractivity contribution in [1.82, 2.24) is 0 Å². The summed E-state index contributed by atoms with van der Waals surface area (Å²) in [5.41, 5.74) is 0.575. The highest BCUT2D eigenvalue weighted by Gasteiger charge is 2.15. The summed E-state index contributed by atoms with van der Waals surface area (Å²) >= 11 is 0. The normalized spacial score (nSPS) is 11.8. The average molecular weight is 274 g/mol. The highest BCUT2D eigenvalue weighted by Crippen LogP contribution is 2.21. The van der Waals surface area contributed by atoms with Gasteiger partial charge in [-0.15, -0.1) is 0 Å². The monoisotopic (exact) mass is 274 g/mol. The summed E-state index contributed by atoms with van der Waals surface area (Å²) in [5, 5.41) is 0. The summed E-state index contributed by atoms with van der Waals surface area (Å²) in [6.07, 6.45) is 0. The molecule has 19 heavy (non-hydrogen) atoms. The fourth-order valence-corrected chi connectivity index (χ4v) is 2.88. The van der Waals surface area contributed by atoms with Gasteiger partial charge in [0.05, 0.1) is 28.6 Å². The van der Waals surface area contributed by atoms with Crippen LogP contribution in [0.15, 0.2) is 59.5 Å². The van der Waals surface area contributed by atoms with Gasteiger partial charge in [0.25, 0.3) is 0 Å². The summed E-state index contributed by atoms with van der Waals surface area (Å²) in [4.78, 5) is 12.5. The molecule has 0 heterocycles. The third kappa shape index (κ3) is 3.29. The van der Waals surface area contributed by atoms with Gasteiger partial charge in [0, 0.05) is 5.56 Å². The molecule has 0 spiro atoms. The average Bonchev–Trinajstić information content (AvgIpc) is 2.48. The van der Waals surface area contributed by atoms with E-state index in [1.165, 1.54) is 7.11 Å². The van der Waals surface area contributed by atoms with Crippen LogP contribution >= 0.6 is 0 Å². The molecule has 0 aliphatic carbocycles. The lowest BCUT2D eigenvalue weighted by Crippen LogP contribution is -2.11. The third-order valence-electron chi connectivity index (χ3n) is 2.67. The van der Waals surface area contributed by atoms with Crippen molar-refractivity contribution < 1.29 is 13.7 Å². The van der Waals surface area contributed by atoms with E-state index in [2.05, 4.69) is 0 Å². The second-order valence-electron chi connectivity index (χ2n) is 3.93. The van der Waals surface area contributed by atoms with E-state index >= 15 is 0 Å². The van der Waals surface area contributed by atoms with Gasteiger partial charge >= 0.3 is 0 Å². The maximum atomic E-state index is 12.2. The Hall–Kier alpha value is -1.94. The number of ether oxygens (including phenoxy) is 1. The van der Waals surface area contributed by atoms with Crippen molar-refractivity contribution in [2.45, 2.75) is 4.90 Å². The first kappa shape index (κ1) is 13.5. The molecule has 0 amide bonds. The van der Waals surface area contributed by atoms with Crippen LogP contribution in [0.1, 0.15) is 10.4 Å². The van der Waals surface area contributed by atoms with Gasteiger partial charge in [0.15, 0.2) is 5.78 Å². The molecule has 0 aromatic heterocycles. The Balaban J connectivity index is 2.16. The smallest absolute Gasteiger partial charge is 0.175 e. The van der Waals surface area contributed by atoms with Crippen molar-refractivity contribution in [1.29, 1.82) is 0 Å². The van der Waals surface area contributed by atoms with Crippen LogP contribution in [0.3, 0.4) is 0 Å². The standard InChI is InChI=1S/C15H14O3S/c1-18-14-9-5-6-10-15(14)19(17)11-13(16)12-7-3-2-4-8-12/h2-10H,11H2,1H3. The number of methoxy groups -OCH3 is 1. The number of Topliss-reactive ketones (excluding diaryl/α,β-unsaturated/α-hetero) is 1. The van der Waals surface area contributed by atoms with Crippen molar-refractivity contribution in [3.05, 3.63) is 60.2 Å². The molecule has 1 unspecified atom stereocenters. The molecule has 2 rings (SSSR count). The fraction of sp³-hybridized carbons (Fsp3) is 0.133. The molecule has 1 atom stereocenters. The van der Waals surface area contributed by atoms with Gasteiger partial charge in [-0.05, 0) is 12.1 Å². The van der Waals surface area contributed by atoms with Crippen molar-refractivity contribution >= 4 is 16.6 Å². The predicted molar refractivity (Wildman–Crippen MR) is 75.0 cm³/mol. The number of ketones is 1. The van der Waals surface area contributed by atoms with E-state index in [-0.39, 0.29) is 11.5 Å². The van der Waals surface area contributed by atoms with E-state index in [4.69, 9.17) is 4.74 Å². The topological polar surface area (TPSA) is 43.4 Å². The maximum absolute atomic E-state index is 12.2. The highest BCUT2D eigenvalue weighted by molar-refractivity contribution is 7.86. The summed E-state index contributed by atoms with van der Waals surface area (Å²) in [7, 11) is 0.123. The van der Waals surface area contributed by atoms with E-state index in [0.29, 0.717) is 16.2 Å². The van der Waals surface area contributed by atoms with Crippen LogP contribution in [0.5, 0.6) is 5.75 Å². The Morgan fingerprint density at radius 2 is 1.68 bits per heavy atom. The molecule has 98 valence electrons. The van der Waals surface area contributed by atoms with Crippen molar-refractivity contribution in [2.75, 3.05) is 12.9 Å². The van der Waals surface area contributed by atoms with Crippen LogP contribution < -0.4 is 4.74 Å². The highest BCUT2D eigenvalue weighted by atomic mass is 32.2. The fourth-order valence-electron chi connectivity index (χ4n) is 1.71. The van der Waals surface area contributed by atoms with Gasteiger partial charge in [0.1, 0.15) is 5.75 Å². The van der Waals surface area contributed by atoms with E-state index in [1.54, 1.807) is 48.5 Å². The Bertz CT molecular complexity index is 593. The number of benzene rings is 2. The number of rotatable bonds is 5. The van der Waals surface area contributed by atoms with Crippen molar-refractivity contribution in [3.8, 4) is 5.75 Å². The molecule has 0 fully saturated rings. The molecular formula is C15H14O3S. The summed E-state index contributed by atoms with van der Waals surface area (Å²) < 4.78 is 17.4. The second kappa shape index (κ2) is 6.29. The third-order valence-corrected chi connectivity index (χ3v) is 4.02. The summed E-state index contributed by atoms with van der Waals surface area (Å²) in [6, 6.07) is 15.9. The first-order valence-corrected chi connectivity index (χ1v) is 7.14. The zero-order valence-electron chi connectivity index (χ0n) is 10.5. The number of hydrogen-bond donors (Lipinski definition) is 0. The molecule has 0 bridgehead atoms. The largest absolute Gasteiger partial charge is 0.495 e. The van der Waals surface area contributed by atoms with Crippen LogP contribution in [0.4, 0.5) is 0 Å². The molecule has 0 aliphatic rings. The summed E-state index contributed by atoms with van der Waals surface area (Å²) in [6.45, 7) is 0. The van der Waals surface area contributed by atoms with Gasteiger partial charge in [0.2, 0.25) is 0 Å². The van der Waals surface area contributed by atoms with E-state index in [9.17, 15) is 9.00 Å². The Kier molecular flexibility index (Phi) is 4.47. The van der Waals surface area contributed by atoms with E-state index in [0.717, 1.165) is 0 Å². The first-order valence-electron chi connectivity index (χ1n) is 5.82. The van der Waals surface area contributed by atoms with Crippen LogP contribution in [-0.4, -0.2) is 22.9 Å². The molecular weight excluding hydrogens is 260 g/mol. The lowest BCUT2D eigenvalue weighted by Gasteiger charge is -2.07. The van der Waals surface area contributed by atoms with Gasteiger partial charge in [-0.2, -0.15) is 0 Å². The second-order valence-corrected chi connectivity index (χ2v) is 5.35. The van der Waals surface area contributed by atoms with Crippen LogP contribution in [0.25, 0.3) is 0 Å². The molecule has 0 saturated heterocycles. The van der Waals surface area contributed by atoms with Crippen molar-refractivity contribution in [3.63, 3.8) is 0 Å². The van der Waals surface area contributed by atoms with Gasteiger partial charge in [-0.25, -0.2) is 0 Å². The SMILES string of the molecule is COc1ccccc1S(=O)CC(=O)c1ccccc1. The lowest BCUT2D eigenvalue weighted by atomic mass is 10.2. The molecule has 0 saturated carbocycles. The van der Waals surface area contributed by atoms with Gasteiger partial charge in [-0.1, -0.05) is 42.5 Å². The van der Waals surface area contributed by atoms with Crippen LogP contribution in [0, 0.1) is 0 Å². The zero-order chi connectivity index (χ0) is 13.7. The van der Waals surface area contributed by atoms with E-state index in [1.807, 2.05) is 6.07 Å².